The number of nitrogens with zero attached hydrogens (tertiary/aromatic N) is 4. The van der Waals surface area contributed by atoms with Gasteiger partial charge in [0.25, 0.3) is 0 Å². The predicted octanol–water partition coefficient (Wildman–Crippen LogP) is 1.94. The molecular formula is C15H19N5. The molecule has 3 heterocycles. The maximum absolute atomic E-state index is 4.76. The normalized spacial score (nSPS) is 19.1. The highest BCUT2D eigenvalue weighted by Gasteiger charge is 2.28. The summed E-state index contributed by atoms with van der Waals surface area (Å²) in [5.41, 5.74) is 3.73. The van der Waals surface area contributed by atoms with Gasteiger partial charge in [0.2, 0.25) is 0 Å². The van der Waals surface area contributed by atoms with Crippen molar-refractivity contribution in [2.75, 3.05) is 6.54 Å². The van der Waals surface area contributed by atoms with Gasteiger partial charge in [0.1, 0.15) is 11.6 Å². The van der Waals surface area contributed by atoms with Crippen LogP contribution in [0.5, 0.6) is 0 Å². The highest BCUT2D eigenvalue weighted by atomic mass is 15.1. The maximum Gasteiger partial charge on any atom is 0.131 e. The van der Waals surface area contributed by atoms with Gasteiger partial charge in [-0.2, -0.15) is 0 Å². The Labute approximate surface area is 118 Å². The quantitative estimate of drug-likeness (QED) is 0.925. The predicted molar refractivity (Wildman–Crippen MR) is 75.1 cm³/mol. The fraction of sp³-hybridized carbons (Fsp3) is 0.533. The first-order valence-corrected chi connectivity index (χ1v) is 7.35. The fourth-order valence-electron chi connectivity index (χ4n) is 2.86. The summed E-state index contributed by atoms with van der Waals surface area (Å²) in [6.07, 6.45) is 7.54. The van der Waals surface area contributed by atoms with E-state index >= 15 is 0 Å². The van der Waals surface area contributed by atoms with Crippen molar-refractivity contribution in [3.63, 3.8) is 0 Å². The summed E-state index contributed by atoms with van der Waals surface area (Å²) in [7, 11) is 0. The second-order valence-electron chi connectivity index (χ2n) is 5.93. The standard InChI is InChI=1S/C15H19N5/c1-10-16-7-13(18-10)9-20-5-4-14-12(8-20)6-17-15(19-14)11-2-3-11/h6-7,11H,2-5,8-9H2,1H3,(H,16,18). The molecule has 0 atom stereocenters. The molecule has 5 nitrogen and oxygen atoms in total. The average Bonchev–Trinajstić information content (AvgIpc) is 3.22. The molecule has 1 aliphatic carbocycles. The Balaban J connectivity index is 1.48. The molecule has 0 radical (unpaired) electrons. The van der Waals surface area contributed by atoms with Crippen LogP contribution in [0.25, 0.3) is 0 Å². The van der Waals surface area contributed by atoms with Crippen molar-refractivity contribution in [3.05, 3.63) is 41.0 Å². The Morgan fingerprint density at radius 2 is 2.20 bits per heavy atom. The van der Waals surface area contributed by atoms with E-state index in [0.29, 0.717) is 5.92 Å². The lowest BCUT2D eigenvalue weighted by molar-refractivity contribution is 0.240. The molecule has 20 heavy (non-hydrogen) atoms. The van der Waals surface area contributed by atoms with Crippen LogP contribution < -0.4 is 0 Å². The molecule has 2 aliphatic rings. The zero-order valence-corrected chi connectivity index (χ0v) is 11.8. The molecule has 104 valence electrons. The summed E-state index contributed by atoms with van der Waals surface area (Å²) in [6.45, 7) is 4.91. The molecule has 2 aromatic rings. The van der Waals surface area contributed by atoms with E-state index < -0.39 is 0 Å². The molecule has 1 N–H and O–H groups in total. The molecular weight excluding hydrogens is 250 g/mol. The maximum atomic E-state index is 4.76. The number of nitrogens with one attached hydrogen (secondary N) is 1. The lowest BCUT2D eigenvalue weighted by Gasteiger charge is -2.27. The summed E-state index contributed by atoms with van der Waals surface area (Å²) >= 11 is 0. The number of aryl methyl sites for hydroxylation is 1. The van der Waals surface area contributed by atoms with E-state index in [1.807, 2.05) is 19.3 Å². The van der Waals surface area contributed by atoms with Crippen LogP contribution in [0.15, 0.2) is 12.4 Å². The minimum atomic E-state index is 0.645. The molecule has 0 spiro atoms. The molecule has 1 aliphatic heterocycles. The highest BCUT2D eigenvalue weighted by Crippen LogP contribution is 2.38. The van der Waals surface area contributed by atoms with Crippen molar-refractivity contribution in [1.82, 2.24) is 24.8 Å². The number of imidazole rings is 1. The minimum Gasteiger partial charge on any atom is -0.345 e. The van der Waals surface area contributed by atoms with Crippen molar-refractivity contribution in [1.29, 1.82) is 0 Å². The summed E-state index contributed by atoms with van der Waals surface area (Å²) < 4.78 is 0. The number of aromatic nitrogens is 4. The first-order valence-electron chi connectivity index (χ1n) is 7.35. The van der Waals surface area contributed by atoms with Crippen molar-refractivity contribution >= 4 is 0 Å². The molecule has 1 saturated carbocycles. The molecule has 4 rings (SSSR count). The highest BCUT2D eigenvalue weighted by molar-refractivity contribution is 5.22. The molecule has 0 amide bonds. The van der Waals surface area contributed by atoms with Gasteiger partial charge in [-0.3, -0.25) is 4.90 Å². The third kappa shape index (κ3) is 2.33. The first kappa shape index (κ1) is 12.0. The third-order valence-corrected chi connectivity index (χ3v) is 4.12. The Morgan fingerprint density at radius 1 is 1.30 bits per heavy atom. The number of H-pyrrole nitrogens is 1. The van der Waals surface area contributed by atoms with Gasteiger partial charge in [-0.05, 0) is 19.8 Å². The van der Waals surface area contributed by atoms with Crippen LogP contribution in [0.4, 0.5) is 0 Å². The van der Waals surface area contributed by atoms with Gasteiger partial charge >= 0.3 is 0 Å². The molecule has 1 fully saturated rings. The van der Waals surface area contributed by atoms with Gasteiger partial charge in [0, 0.05) is 61.3 Å². The Kier molecular flexibility index (Phi) is 2.80. The van der Waals surface area contributed by atoms with Crippen LogP contribution in [0.1, 0.15) is 47.4 Å². The van der Waals surface area contributed by atoms with E-state index in [2.05, 4.69) is 19.9 Å². The van der Waals surface area contributed by atoms with E-state index in [9.17, 15) is 0 Å². The largest absolute Gasteiger partial charge is 0.345 e. The van der Waals surface area contributed by atoms with Crippen LogP contribution in [0, 0.1) is 6.92 Å². The first-order chi connectivity index (χ1) is 9.78. The Hall–Kier alpha value is -1.75. The summed E-state index contributed by atoms with van der Waals surface area (Å²) in [5.74, 6) is 2.70. The topological polar surface area (TPSA) is 57.7 Å². The van der Waals surface area contributed by atoms with Gasteiger partial charge in [-0.1, -0.05) is 0 Å². The Bertz CT molecular complexity index is 629. The zero-order chi connectivity index (χ0) is 13.5. The summed E-state index contributed by atoms with van der Waals surface area (Å²) in [5, 5.41) is 0. The molecule has 0 unspecified atom stereocenters. The van der Waals surface area contributed by atoms with Gasteiger partial charge in [-0.15, -0.1) is 0 Å². The lowest BCUT2D eigenvalue weighted by atomic mass is 10.1. The second kappa shape index (κ2) is 4.66. The number of hydrogen-bond acceptors (Lipinski definition) is 4. The fourth-order valence-corrected chi connectivity index (χ4v) is 2.86. The van der Waals surface area contributed by atoms with E-state index in [-0.39, 0.29) is 0 Å². The molecule has 2 aromatic heterocycles. The number of fused-ring (bicyclic) bond motifs is 1. The number of aromatic amines is 1. The Morgan fingerprint density at radius 3 is 2.95 bits per heavy atom. The van der Waals surface area contributed by atoms with Crippen molar-refractivity contribution < 1.29 is 0 Å². The smallest absolute Gasteiger partial charge is 0.131 e. The van der Waals surface area contributed by atoms with Crippen LogP contribution in [0.2, 0.25) is 0 Å². The van der Waals surface area contributed by atoms with E-state index in [4.69, 9.17) is 4.98 Å². The van der Waals surface area contributed by atoms with Crippen molar-refractivity contribution in [2.24, 2.45) is 0 Å². The molecule has 5 heteroatoms. The molecule has 0 bridgehead atoms. The van der Waals surface area contributed by atoms with Crippen LogP contribution in [-0.2, 0) is 19.5 Å². The monoisotopic (exact) mass is 269 g/mol. The summed E-state index contributed by atoms with van der Waals surface area (Å²) in [4.78, 5) is 19.3. The third-order valence-electron chi connectivity index (χ3n) is 4.12. The average molecular weight is 269 g/mol. The van der Waals surface area contributed by atoms with Gasteiger partial charge < -0.3 is 4.98 Å². The lowest BCUT2D eigenvalue weighted by Crippen LogP contribution is -2.31. The van der Waals surface area contributed by atoms with Crippen LogP contribution >= 0.6 is 0 Å². The SMILES string of the molecule is Cc1ncc(CN2CCc3nc(C4CC4)ncc3C2)[nH]1. The van der Waals surface area contributed by atoms with E-state index in [1.165, 1.54) is 29.8 Å². The summed E-state index contributed by atoms with van der Waals surface area (Å²) in [6, 6.07) is 0. The van der Waals surface area contributed by atoms with E-state index in [0.717, 1.165) is 37.7 Å². The molecule has 0 saturated heterocycles. The zero-order valence-electron chi connectivity index (χ0n) is 11.8. The second-order valence-corrected chi connectivity index (χ2v) is 5.93. The van der Waals surface area contributed by atoms with Gasteiger partial charge in [-0.25, -0.2) is 15.0 Å². The van der Waals surface area contributed by atoms with Gasteiger partial charge in [0.15, 0.2) is 0 Å². The van der Waals surface area contributed by atoms with Crippen molar-refractivity contribution in [2.45, 2.75) is 45.2 Å². The number of hydrogen-bond donors (Lipinski definition) is 1. The van der Waals surface area contributed by atoms with Gasteiger partial charge in [0.05, 0.1) is 0 Å². The van der Waals surface area contributed by atoms with Crippen LogP contribution in [-0.4, -0.2) is 31.4 Å². The van der Waals surface area contributed by atoms with Crippen molar-refractivity contribution in [3.8, 4) is 0 Å². The molecule has 0 aromatic carbocycles. The van der Waals surface area contributed by atoms with E-state index in [1.54, 1.807) is 0 Å². The van der Waals surface area contributed by atoms with Crippen LogP contribution in [0.3, 0.4) is 0 Å². The minimum absolute atomic E-state index is 0.645. The number of rotatable bonds is 3.